The topological polar surface area (TPSA) is 75.4 Å². The molecule has 0 aromatic carbocycles. The highest BCUT2D eigenvalue weighted by molar-refractivity contribution is 5.88. The van der Waals surface area contributed by atoms with Crippen LogP contribution in [0.25, 0.3) is 0 Å². The van der Waals surface area contributed by atoms with E-state index in [1.807, 2.05) is 0 Å². The Balaban J connectivity index is 1.98. The first kappa shape index (κ1) is 15.3. The average Bonchev–Trinajstić information content (AvgIpc) is 2.98. The normalized spacial score (nSPS) is 25.6. The number of amides is 2. The largest absolute Gasteiger partial charge is 0.330 e. The van der Waals surface area contributed by atoms with Crippen molar-refractivity contribution in [3.63, 3.8) is 0 Å². The van der Waals surface area contributed by atoms with Crippen molar-refractivity contribution in [3.05, 3.63) is 0 Å². The van der Waals surface area contributed by atoms with Gasteiger partial charge in [0, 0.05) is 12.5 Å². The molecule has 5 nitrogen and oxygen atoms in total. The molecule has 0 bridgehead atoms. The van der Waals surface area contributed by atoms with Crippen LogP contribution >= 0.6 is 0 Å². The maximum atomic E-state index is 12.7. The Bertz CT molecular complexity index is 336. The Hall–Kier alpha value is -1.10. The van der Waals surface area contributed by atoms with Gasteiger partial charge in [-0.3, -0.25) is 15.0 Å². The van der Waals surface area contributed by atoms with E-state index in [0.717, 1.165) is 38.5 Å². The number of carbonyl (C=O) groups excluding carboxylic acids is 2. The second-order valence-electron chi connectivity index (χ2n) is 6.09. The zero-order valence-corrected chi connectivity index (χ0v) is 12.3. The van der Waals surface area contributed by atoms with Crippen molar-refractivity contribution < 1.29 is 9.59 Å². The van der Waals surface area contributed by atoms with Crippen molar-refractivity contribution >= 4 is 11.8 Å². The predicted molar refractivity (Wildman–Crippen MR) is 77.5 cm³/mol. The molecule has 2 amide bonds. The summed E-state index contributed by atoms with van der Waals surface area (Å²) in [5.41, 5.74) is 2.19. The molecule has 1 aliphatic heterocycles. The van der Waals surface area contributed by atoms with Gasteiger partial charge in [-0.1, -0.05) is 38.5 Å². The van der Waals surface area contributed by atoms with Crippen LogP contribution in [0.15, 0.2) is 0 Å². The van der Waals surface area contributed by atoms with Gasteiger partial charge in [0.1, 0.15) is 6.04 Å². The molecule has 2 fully saturated rings. The highest BCUT2D eigenvalue weighted by atomic mass is 16.2. The van der Waals surface area contributed by atoms with E-state index in [2.05, 4.69) is 5.43 Å². The highest BCUT2D eigenvalue weighted by Crippen LogP contribution is 2.27. The van der Waals surface area contributed by atoms with Crippen LogP contribution in [0.3, 0.4) is 0 Å². The summed E-state index contributed by atoms with van der Waals surface area (Å²) in [5.74, 6) is 5.29. The maximum Gasteiger partial charge on any atom is 0.256 e. The number of hydrogen-bond donors (Lipinski definition) is 2. The van der Waals surface area contributed by atoms with Gasteiger partial charge in [-0.15, -0.1) is 0 Å². The molecule has 20 heavy (non-hydrogen) atoms. The summed E-state index contributed by atoms with van der Waals surface area (Å²) in [6.45, 7) is 0.702. The molecule has 114 valence electrons. The lowest BCUT2D eigenvalue weighted by Crippen LogP contribution is -2.49. The predicted octanol–water partition coefficient (Wildman–Crippen LogP) is 1.72. The molecule has 3 N–H and O–H groups in total. The first-order valence-corrected chi connectivity index (χ1v) is 8.05. The minimum absolute atomic E-state index is 0.110. The molecule has 2 aliphatic rings. The van der Waals surface area contributed by atoms with Crippen molar-refractivity contribution in [3.8, 4) is 0 Å². The van der Waals surface area contributed by atoms with Gasteiger partial charge >= 0.3 is 0 Å². The van der Waals surface area contributed by atoms with Crippen LogP contribution in [0.5, 0.6) is 0 Å². The number of carbonyl (C=O) groups is 2. The fraction of sp³-hybridized carbons (Fsp3) is 0.867. The molecule has 0 radical (unpaired) electrons. The molecule has 5 heteroatoms. The van der Waals surface area contributed by atoms with E-state index in [0.29, 0.717) is 6.54 Å². The van der Waals surface area contributed by atoms with Crippen LogP contribution in [-0.2, 0) is 9.59 Å². The summed E-state index contributed by atoms with van der Waals surface area (Å²) >= 11 is 0. The van der Waals surface area contributed by atoms with Gasteiger partial charge < -0.3 is 4.90 Å². The Morgan fingerprint density at radius 3 is 2.10 bits per heavy atom. The van der Waals surface area contributed by atoms with Gasteiger partial charge in [0.15, 0.2) is 0 Å². The summed E-state index contributed by atoms with van der Waals surface area (Å²) in [7, 11) is 0. The van der Waals surface area contributed by atoms with Crippen molar-refractivity contribution in [1.82, 2.24) is 10.3 Å². The SMILES string of the molecule is NNC(=O)C1CCCN1C(=O)C1CCCCCCCC1. The van der Waals surface area contributed by atoms with Crippen LogP contribution in [0.2, 0.25) is 0 Å². The van der Waals surface area contributed by atoms with E-state index in [-0.39, 0.29) is 23.8 Å². The first-order valence-electron chi connectivity index (χ1n) is 8.05. The van der Waals surface area contributed by atoms with E-state index < -0.39 is 0 Å². The first-order chi connectivity index (χ1) is 9.74. The van der Waals surface area contributed by atoms with Gasteiger partial charge in [0.05, 0.1) is 0 Å². The van der Waals surface area contributed by atoms with E-state index in [4.69, 9.17) is 5.84 Å². The van der Waals surface area contributed by atoms with Crippen LogP contribution < -0.4 is 11.3 Å². The van der Waals surface area contributed by atoms with Crippen LogP contribution in [0.4, 0.5) is 0 Å². The Labute approximate surface area is 121 Å². The molecule has 0 aromatic rings. The number of hydrogen-bond acceptors (Lipinski definition) is 3. The summed E-state index contributed by atoms with van der Waals surface area (Å²) in [4.78, 5) is 26.2. The fourth-order valence-electron chi connectivity index (χ4n) is 3.51. The van der Waals surface area contributed by atoms with Gasteiger partial charge in [-0.2, -0.15) is 0 Å². The highest BCUT2D eigenvalue weighted by Gasteiger charge is 2.36. The lowest BCUT2D eigenvalue weighted by molar-refractivity contribution is -0.142. The number of rotatable bonds is 2. The summed E-state index contributed by atoms with van der Waals surface area (Å²) in [5, 5.41) is 0. The Kier molecular flexibility index (Phi) is 5.83. The van der Waals surface area contributed by atoms with Crippen molar-refractivity contribution in [2.24, 2.45) is 11.8 Å². The van der Waals surface area contributed by atoms with Gasteiger partial charge in [0.2, 0.25) is 5.91 Å². The summed E-state index contributed by atoms with van der Waals surface area (Å²) < 4.78 is 0. The number of hydrazine groups is 1. The second-order valence-corrected chi connectivity index (χ2v) is 6.09. The molecule has 1 saturated carbocycles. The molecule has 1 atom stereocenters. The number of nitrogens with zero attached hydrogens (tertiary/aromatic N) is 1. The molecule has 0 aromatic heterocycles. The van der Waals surface area contributed by atoms with E-state index in [1.54, 1.807) is 4.90 Å². The van der Waals surface area contributed by atoms with Crippen LogP contribution in [0.1, 0.15) is 64.2 Å². The molecule has 0 spiro atoms. The third kappa shape index (κ3) is 3.72. The lowest BCUT2D eigenvalue weighted by atomic mass is 9.95. The zero-order chi connectivity index (χ0) is 14.4. The molecule has 2 rings (SSSR count). The monoisotopic (exact) mass is 281 g/mol. The molecule has 1 unspecified atom stereocenters. The number of nitrogens with one attached hydrogen (secondary N) is 1. The van der Waals surface area contributed by atoms with Crippen molar-refractivity contribution in [2.75, 3.05) is 6.54 Å². The van der Waals surface area contributed by atoms with Gasteiger partial charge in [-0.05, 0) is 25.7 Å². The third-order valence-corrected chi connectivity index (χ3v) is 4.69. The average molecular weight is 281 g/mol. The quantitative estimate of drug-likeness (QED) is 0.460. The van der Waals surface area contributed by atoms with Crippen molar-refractivity contribution in [2.45, 2.75) is 70.3 Å². The molecule has 1 aliphatic carbocycles. The minimum atomic E-state index is -0.347. The molecular weight excluding hydrogens is 254 g/mol. The smallest absolute Gasteiger partial charge is 0.256 e. The zero-order valence-electron chi connectivity index (χ0n) is 12.3. The summed E-state index contributed by atoms with van der Waals surface area (Å²) in [6.07, 6.45) is 10.9. The van der Waals surface area contributed by atoms with E-state index in [1.165, 1.54) is 25.7 Å². The van der Waals surface area contributed by atoms with Crippen LogP contribution in [0, 0.1) is 5.92 Å². The second kappa shape index (κ2) is 7.62. The number of likely N-dealkylation sites (tertiary alicyclic amines) is 1. The van der Waals surface area contributed by atoms with E-state index in [9.17, 15) is 9.59 Å². The van der Waals surface area contributed by atoms with Gasteiger partial charge in [0.25, 0.3) is 5.91 Å². The minimum Gasteiger partial charge on any atom is -0.330 e. The Morgan fingerprint density at radius 1 is 0.900 bits per heavy atom. The molecule has 1 saturated heterocycles. The maximum absolute atomic E-state index is 12.7. The molecule has 1 heterocycles. The Morgan fingerprint density at radius 2 is 1.50 bits per heavy atom. The number of nitrogens with two attached hydrogens (primary N) is 1. The lowest BCUT2D eigenvalue weighted by Gasteiger charge is -2.27. The fourth-order valence-corrected chi connectivity index (χ4v) is 3.51. The van der Waals surface area contributed by atoms with E-state index >= 15 is 0 Å². The van der Waals surface area contributed by atoms with Gasteiger partial charge in [-0.25, -0.2) is 5.84 Å². The third-order valence-electron chi connectivity index (χ3n) is 4.69. The standard InChI is InChI=1S/C15H27N3O2/c16-17-14(19)13-10-7-11-18(13)15(20)12-8-5-3-1-2-4-6-9-12/h12-13H,1-11,16H2,(H,17,19). The summed E-state index contributed by atoms with van der Waals surface area (Å²) in [6, 6.07) is -0.347. The molecular formula is C15H27N3O2. The van der Waals surface area contributed by atoms with Crippen LogP contribution in [-0.4, -0.2) is 29.3 Å². The van der Waals surface area contributed by atoms with Crippen molar-refractivity contribution in [1.29, 1.82) is 0 Å².